The van der Waals surface area contributed by atoms with Gasteiger partial charge in [0.15, 0.2) is 0 Å². The standard InChI is InChI=1S/C27H21Cl2N3O2S/c1-16-8-9-17(2)23(12-16)31-25(33)21(15-30)27-32(20-6-4-3-5-7-20)26(34)24(35-27)14-18-13-19(28)10-11-22(18)29/h3-13,24H,14H2,1-2H3,(H,31,33)/b27-21+/t24-/m1/s1. The minimum atomic E-state index is -0.585. The number of nitriles is 1. The van der Waals surface area contributed by atoms with Gasteiger partial charge >= 0.3 is 0 Å². The third-order valence-corrected chi connectivity index (χ3v) is 7.44. The van der Waals surface area contributed by atoms with Crippen molar-refractivity contribution in [2.24, 2.45) is 0 Å². The molecule has 3 aromatic rings. The molecule has 0 unspecified atom stereocenters. The first-order valence-corrected chi connectivity index (χ1v) is 12.4. The van der Waals surface area contributed by atoms with E-state index in [9.17, 15) is 14.9 Å². The molecule has 4 rings (SSSR count). The largest absolute Gasteiger partial charge is 0.321 e. The second-order valence-corrected chi connectivity index (χ2v) is 10.2. The average Bonchev–Trinajstić information content (AvgIpc) is 3.15. The molecule has 0 bridgehead atoms. The molecule has 1 fully saturated rings. The number of halogens is 2. The average molecular weight is 522 g/mol. The van der Waals surface area contributed by atoms with Crippen molar-refractivity contribution in [2.75, 3.05) is 10.2 Å². The highest BCUT2D eigenvalue weighted by atomic mass is 35.5. The van der Waals surface area contributed by atoms with E-state index in [1.807, 2.05) is 44.2 Å². The number of rotatable bonds is 5. The first kappa shape index (κ1) is 24.9. The van der Waals surface area contributed by atoms with Crippen LogP contribution in [0.1, 0.15) is 16.7 Å². The normalized spacial score (nSPS) is 16.7. The first-order valence-electron chi connectivity index (χ1n) is 10.8. The number of hydrogen-bond acceptors (Lipinski definition) is 4. The molecule has 0 aromatic heterocycles. The lowest BCUT2D eigenvalue weighted by Crippen LogP contribution is -2.31. The Labute approximate surface area is 218 Å². The van der Waals surface area contributed by atoms with Gasteiger partial charge in [-0.2, -0.15) is 5.26 Å². The van der Waals surface area contributed by atoms with E-state index >= 15 is 0 Å². The highest BCUT2D eigenvalue weighted by molar-refractivity contribution is 8.05. The quantitative estimate of drug-likeness (QED) is 0.300. The van der Waals surface area contributed by atoms with Crippen LogP contribution in [0.3, 0.4) is 0 Å². The van der Waals surface area contributed by atoms with Crippen molar-refractivity contribution < 1.29 is 9.59 Å². The summed E-state index contributed by atoms with van der Waals surface area (Å²) in [6.07, 6.45) is 0.299. The Bertz CT molecular complexity index is 1380. The number of nitrogens with zero attached hydrogens (tertiary/aromatic N) is 2. The van der Waals surface area contributed by atoms with Gasteiger partial charge in [0.05, 0.1) is 5.25 Å². The fraction of sp³-hybridized carbons (Fsp3) is 0.148. The molecule has 8 heteroatoms. The fourth-order valence-corrected chi connectivity index (χ4v) is 5.44. The van der Waals surface area contributed by atoms with E-state index in [4.69, 9.17) is 23.2 Å². The maximum atomic E-state index is 13.6. The van der Waals surface area contributed by atoms with Crippen LogP contribution in [0.4, 0.5) is 11.4 Å². The number of aryl methyl sites for hydroxylation is 2. The van der Waals surface area contributed by atoms with Gasteiger partial charge in [0, 0.05) is 21.4 Å². The molecule has 0 aliphatic carbocycles. The number of para-hydroxylation sites is 1. The van der Waals surface area contributed by atoms with Crippen LogP contribution in [0, 0.1) is 25.2 Å². The number of anilines is 2. The van der Waals surface area contributed by atoms with Gasteiger partial charge in [-0.15, -0.1) is 0 Å². The topological polar surface area (TPSA) is 73.2 Å². The highest BCUT2D eigenvalue weighted by Gasteiger charge is 2.41. The van der Waals surface area contributed by atoms with Gasteiger partial charge < -0.3 is 5.32 Å². The minimum absolute atomic E-state index is 0.132. The van der Waals surface area contributed by atoms with Gasteiger partial charge in [0.25, 0.3) is 5.91 Å². The predicted molar refractivity (Wildman–Crippen MR) is 143 cm³/mol. The number of thioether (sulfide) groups is 1. The molecule has 0 saturated carbocycles. The Morgan fingerprint density at radius 1 is 1.09 bits per heavy atom. The summed E-state index contributed by atoms with van der Waals surface area (Å²) >= 11 is 13.7. The second kappa shape index (κ2) is 10.6. The van der Waals surface area contributed by atoms with E-state index in [-0.39, 0.29) is 16.5 Å². The number of hydrogen-bond donors (Lipinski definition) is 1. The lowest BCUT2D eigenvalue weighted by atomic mass is 10.1. The summed E-state index contributed by atoms with van der Waals surface area (Å²) in [6, 6.07) is 21.8. The summed E-state index contributed by atoms with van der Waals surface area (Å²) in [5, 5.41) is 13.6. The van der Waals surface area contributed by atoms with Crippen molar-refractivity contribution >= 4 is 58.2 Å². The van der Waals surface area contributed by atoms with Crippen molar-refractivity contribution in [3.05, 3.63) is 104 Å². The lowest BCUT2D eigenvalue weighted by Gasteiger charge is -2.19. The maximum absolute atomic E-state index is 13.6. The molecule has 176 valence electrons. The van der Waals surface area contributed by atoms with Crippen molar-refractivity contribution in [1.82, 2.24) is 0 Å². The van der Waals surface area contributed by atoms with Crippen LogP contribution in [-0.4, -0.2) is 17.1 Å². The molecule has 2 amide bonds. The zero-order chi connectivity index (χ0) is 25.1. The Balaban J connectivity index is 1.74. The third kappa shape index (κ3) is 5.38. The molecule has 3 aromatic carbocycles. The van der Waals surface area contributed by atoms with E-state index in [0.29, 0.717) is 27.8 Å². The molecule has 1 atom stereocenters. The molecule has 0 radical (unpaired) electrons. The molecule has 1 N–H and O–H groups in total. The van der Waals surface area contributed by atoms with Crippen LogP contribution < -0.4 is 10.2 Å². The van der Waals surface area contributed by atoms with E-state index < -0.39 is 11.2 Å². The minimum Gasteiger partial charge on any atom is -0.321 e. The highest BCUT2D eigenvalue weighted by Crippen LogP contribution is 2.42. The van der Waals surface area contributed by atoms with Gasteiger partial charge in [-0.1, -0.05) is 65.3 Å². The van der Waals surface area contributed by atoms with Crippen LogP contribution in [0.5, 0.6) is 0 Å². The molecular formula is C27H21Cl2N3O2S. The van der Waals surface area contributed by atoms with Crippen molar-refractivity contribution in [2.45, 2.75) is 25.5 Å². The molecule has 35 heavy (non-hydrogen) atoms. The van der Waals surface area contributed by atoms with Crippen LogP contribution in [0.15, 0.2) is 77.3 Å². The number of amides is 2. The van der Waals surface area contributed by atoms with E-state index in [1.165, 1.54) is 16.7 Å². The Morgan fingerprint density at radius 3 is 2.54 bits per heavy atom. The van der Waals surface area contributed by atoms with E-state index in [0.717, 1.165) is 16.7 Å². The molecule has 5 nitrogen and oxygen atoms in total. The summed E-state index contributed by atoms with van der Waals surface area (Å²) in [4.78, 5) is 28.3. The number of carbonyl (C=O) groups excluding carboxylic acids is 2. The Hall–Kier alpha value is -3.24. The van der Waals surface area contributed by atoms with Gasteiger partial charge in [-0.25, -0.2) is 0 Å². The van der Waals surface area contributed by atoms with Crippen molar-refractivity contribution in [3.8, 4) is 6.07 Å². The lowest BCUT2D eigenvalue weighted by molar-refractivity contribution is -0.117. The summed E-state index contributed by atoms with van der Waals surface area (Å²) in [6.45, 7) is 3.80. The number of nitrogens with one attached hydrogen (secondary N) is 1. The SMILES string of the molecule is Cc1ccc(C)c(NC(=O)/C(C#N)=C2/S[C@H](Cc3cc(Cl)ccc3Cl)C(=O)N2c2ccccc2)c1. The van der Waals surface area contributed by atoms with Crippen LogP contribution in [0.25, 0.3) is 0 Å². The van der Waals surface area contributed by atoms with E-state index in [2.05, 4.69) is 5.32 Å². The van der Waals surface area contributed by atoms with Crippen molar-refractivity contribution in [3.63, 3.8) is 0 Å². The number of benzene rings is 3. The van der Waals surface area contributed by atoms with Gasteiger partial charge in [0.2, 0.25) is 5.91 Å². The molecule has 1 heterocycles. The zero-order valence-corrected chi connectivity index (χ0v) is 21.3. The monoisotopic (exact) mass is 521 g/mol. The summed E-state index contributed by atoms with van der Waals surface area (Å²) < 4.78 is 0. The zero-order valence-electron chi connectivity index (χ0n) is 19.0. The summed E-state index contributed by atoms with van der Waals surface area (Å²) in [5.74, 6) is -0.807. The molecule has 1 aliphatic heterocycles. The third-order valence-electron chi connectivity index (χ3n) is 5.57. The van der Waals surface area contributed by atoms with Crippen LogP contribution in [-0.2, 0) is 16.0 Å². The van der Waals surface area contributed by atoms with Gasteiger partial charge in [0.1, 0.15) is 16.7 Å². The Morgan fingerprint density at radius 2 is 1.83 bits per heavy atom. The second-order valence-electron chi connectivity index (χ2n) is 8.12. The van der Waals surface area contributed by atoms with Crippen LogP contribution >= 0.6 is 35.0 Å². The van der Waals surface area contributed by atoms with E-state index in [1.54, 1.807) is 42.5 Å². The molecule has 0 spiro atoms. The van der Waals surface area contributed by atoms with Crippen molar-refractivity contribution in [1.29, 1.82) is 5.26 Å². The first-order chi connectivity index (χ1) is 16.8. The smallest absolute Gasteiger partial charge is 0.269 e. The summed E-state index contributed by atoms with van der Waals surface area (Å²) in [5.41, 5.74) is 3.63. The number of carbonyl (C=O) groups is 2. The maximum Gasteiger partial charge on any atom is 0.269 e. The fourth-order valence-electron chi connectivity index (χ4n) is 3.75. The van der Waals surface area contributed by atoms with Gasteiger partial charge in [-0.05, 0) is 73.4 Å². The molecular weight excluding hydrogens is 501 g/mol. The van der Waals surface area contributed by atoms with Crippen LogP contribution in [0.2, 0.25) is 10.0 Å². The molecule has 1 saturated heterocycles. The van der Waals surface area contributed by atoms with Gasteiger partial charge in [-0.3, -0.25) is 14.5 Å². The summed E-state index contributed by atoms with van der Waals surface area (Å²) in [7, 11) is 0. The Kier molecular flexibility index (Phi) is 7.51. The molecule has 1 aliphatic rings. The predicted octanol–water partition coefficient (Wildman–Crippen LogP) is 6.68.